The Labute approximate surface area is 114 Å². The Hall–Kier alpha value is -1.93. The molecule has 0 unspecified atom stereocenters. The zero-order valence-corrected chi connectivity index (χ0v) is 13.0. The normalized spacial score (nSPS) is 10.4. The van der Waals surface area contributed by atoms with E-state index in [-0.39, 0.29) is 0 Å². The van der Waals surface area contributed by atoms with Gasteiger partial charge in [-0.05, 0) is 6.07 Å². The minimum Gasteiger partial charge on any atom is -0.496 e. The van der Waals surface area contributed by atoms with Crippen molar-refractivity contribution >= 4 is 19.7 Å². The predicted molar refractivity (Wildman–Crippen MR) is 79.0 cm³/mol. The van der Waals surface area contributed by atoms with Gasteiger partial charge < -0.3 is 15.2 Å². The number of nitrogen functional groups attached to an aromatic ring is 1. The van der Waals surface area contributed by atoms with Crippen molar-refractivity contribution in [2.75, 3.05) is 20.0 Å². The molecule has 0 aliphatic carbocycles. The third-order valence-corrected chi connectivity index (χ3v) is 3.22. The van der Waals surface area contributed by atoms with E-state index in [1.54, 1.807) is 12.1 Å². The molecule has 102 valence electrons. The first-order valence-electron chi connectivity index (χ1n) is 5.87. The fourth-order valence-electron chi connectivity index (χ4n) is 1.40. The highest BCUT2D eigenvalue weighted by molar-refractivity contribution is 6.83. The second kappa shape index (κ2) is 5.80. The molecule has 0 aliphatic heterocycles. The lowest BCUT2D eigenvalue weighted by atomic mass is 10.1. The van der Waals surface area contributed by atoms with Crippen molar-refractivity contribution in [3.8, 4) is 17.2 Å². The van der Waals surface area contributed by atoms with Gasteiger partial charge in [0.1, 0.15) is 19.4 Å². The molecule has 0 fully saturated rings. The zero-order chi connectivity index (χ0) is 14.6. The summed E-state index contributed by atoms with van der Waals surface area (Å²) in [5.74, 6) is 2.97. The highest BCUT2D eigenvalue weighted by Gasteiger charge is 2.15. The van der Waals surface area contributed by atoms with Crippen LogP contribution in [0.2, 0.25) is 19.6 Å². The number of benzene rings is 1. The number of carbonyl (C=O) groups excluding carboxylic acids is 1. The summed E-state index contributed by atoms with van der Waals surface area (Å²) in [6.07, 6.45) is 0. The molecule has 0 saturated heterocycles. The Bertz CT molecular complexity index is 550. The van der Waals surface area contributed by atoms with E-state index in [2.05, 4.69) is 31.1 Å². The van der Waals surface area contributed by atoms with Crippen LogP contribution in [0, 0.1) is 11.5 Å². The molecule has 19 heavy (non-hydrogen) atoms. The molecule has 0 aromatic heterocycles. The number of esters is 1. The van der Waals surface area contributed by atoms with Crippen LogP contribution in [-0.4, -0.2) is 28.3 Å². The largest absolute Gasteiger partial charge is 0.496 e. The molecule has 0 heterocycles. The predicted octanol–water partition coefficient (Wildman–Crippen LogP) is 2.29. The summed E-state index contributed by atoms with van der Waals surface area (Å²) in [6, 6.07) is 3.22. The molecule has 1 rings (SSSR count). The summed E-state index contributed by atoms with van der Waals surface area (Å²) >= 11 is 0. The van der Waals surface area contributed by atoms with E-state index in [1.165, 1.54) is 14.2 Å². The smallest absolute Gasteiger partial charge is 0.341 e. The van der Waals surface area contributed by atoms with Gasteiger partial charge in [-0.1, -0.05) is 25.6 Å². The van der Waals surface area contributed by atoms with E-state index in [1.807, 2.05) is 0 Å². The Morgan fingerprint density at radius 2 is 1.89 bits per heavy atom. The zero-order valence-electron chi connectivity index (χ0n) is 12.0. The van der Waals surface area contributed by atoms with Gasteiger partial charge in [0.05, 0.1) is 19.9 Å². The van der Waals surface area contributed by atoms with Crippen molar-refractivity contribution in [1.82, 2.24) is 0 Å². The van der Waals surface area contributed by atoms with Gasteiger partial charge in [0.2, 0.25) is 0 Å². The van der Waals surface area contributed by atoms with Gasteiger partial charge in [0, 0.05) is 11.6 Å². The Kier molecular flexibility index (Phi) is 4.62. The molecule has 1 aromatic rings. The lowest BCUT2D eigenvalue weighted by Crippen LogP contribution is -2.16. The Balaban J connectivity index is 3.34. The highest BCUT2D eigenvalue weighted by atomic mass is 28.3. The van der Waals surface area contributed by atoms with Gasteiger partial charge in [-0.3, -0.25) is 0 Å². The minimum absolute atomic E-state index is 0.332. The van der Waals surface area contributed by atoms with Gasteiger partial charge in [0.15, 0.2) is 0 Å². The third-order valence-electron chi connectivity index (χ3n) is 2.35. The van der Waals surface area contributed by atoms with Crippen LogP contribution in [0.5, 0.6) is 5.75 Å². The van der Waals surface area contributed by atoms with Gasteiger partial charge in [0.25, 0.3) is 0 Å². The van der Waals surface area contributed by atoms with E-state index in [0.717, 1.165) is 0 Å². The van der Waals surface area contributed by atoms with Gasteiger partial charge in [-0.15, -0.1) is 5.54 Å². The van der Waals surface area contributed by atoms with Crippen molar-refractivity contribution in [3.63, 3.8) is 0 Å². The van der Waals surface area contributed by atoms with Crippen molar-refractivity contribution < 1.29 is 14.3 Å². The summed E-state index contributed by atoms with van der Waals surface area (Å²) in [6.45, 7) is 6.42. The highest BCUT2D eigenvalue weighted by Crippen LogP contribution is 2.25. The molecule has 5 heteroatoms. The van der Waals surface area contributed by atoms with Crippen LogP contribution in [0.4, 0.5) is 5.69 Å². The maximum Gasteiger partial charge on any atom is 0.341 e. The lowest BCUT2D eigenvalue weighted by molar-refractivity contribution is 0.0597. The van der Waals surface area contributed by atoms with E-state index >= 15 is 0 Å². The van der Waals surface area contributed by atoms with Crippen LogP contribution in [0.3, 0.4) is 0 Å². The summed E-state index contributed by atoms with van der Waals surface area (Å²) in [5, 5.41) is 0. The summed E-state index contributed by atoms with van der Waals surface area (Å²) < 4.78 is 9.85. The fraction of sp³-hybridized carbons (Fsp3) is 0.357. The Morgan fingerprint density at radius 1 is 1.26 bits per heavy atom. The average Bonchev–Trinajstić information content (AvgIpc) is 2.34. The number of rotatable bonds is 2. The maximum atomic E-state index is 11.7. The second-order valence-corrected chi connectivity index (χ2v) is 9.88. The van der Waals surface area contributed by atoms with Crippen LogP contribution in [0.1, 0.15) is 15.9 Å². The molecule has 1 aromatic carbocycles. The van der Waals surface area contributed by atoms with Gasteiger partial charge in [-0.2, -0.15) is 0 Å². The van der Waals surface area contributed by atoms with E-state index in [0.29, 0.717) is 22.6 Å². The standard InChI is InChI=1S/C14H19NO3Si/c1-17-13-9-12(15)10(6-7-19(3,4)5)8-11(13)14(16)18-2/h8-9H,15H2,1-5H3. The lowest BCUT2D eigenvalue weighted by Gasteiger charge is -2.10. The van der Waals surface area contributed by atoms with Crippen molar-refractivity contribution in [2.24, 2.45) is 0 Å². The number of hydrogen-bond donors (Lipinski definition) is 1. The number of anilines is 1. The van der Waals surface area contributed by atoms with Crippen molar-refractivity contribution in [2.45, 2.75) is 19.6 Å². The van der Waals surface area contributed by atoms with Crippen LogP contribution < -0.4 is 10.5 Å². The molecule has 0 saturated carbocycles. The molecule has 0 bridgehead atoms. The molecule has 4 nitrogen and oxygen atoms in total. The number of methoxy groups -OCH3 is 2. The first kappa shape index (κ1) is 15.1. The average molecular weight is 277 g/mol. The molecular weight excluding hydrogens is 258 g/mol. The van der Waals surface area contributed by atoms with Crippen LogP contribution in [0.25, 0.3) is 0 Å². The molecule has 0 amide bonds. The topological polar surface area (TPSA) is 61.5 Å². The molecular formula is C14H19NO3Si. The van der Waals surface area contributed by atoms with Gasteiger partial charge in [-0.25, -0.2) is 4.79 Å². The minimum atomic E-state index is -1.50. The van der Waals surface area contributed by atoms with E-state index in [4.69, 9.17) is 15.2 Å². The van der Waals surface area contributed by atoms with Gasteiger partial charge >= 0.3 is 5.97 Å². The number of carbonyl (C=O) groups is 1. The SMILES string of the molecule is COC(=O)c1cc(C#C[Si](C)(C)C)c(N)cc1OC. The molecule has 2 N–H and O–H groups in total. The summed E-state index contributed by atoms with van der Waals surface area (Å²) in [4.78, 5) is 11.7. The number of ether oxygens (including phenoxy) is 2. The van der Waals surface area contributed by atoms with Crippen LogP contribution in [-0.2, 0) is 4.74 Å². The second-order valence-electron chi connectivity index (χ2n) is 5.13. The third kappa shape index (κ3) is 4.04. The quantitative estimate of drug-likeness (QED) is 0.390. The maximum absolute atomic E-state index is 11.7. The number of hydrogen-bond acceptors (Lipinski definition) is 4. The summed E-state index contributed by atoms with van der Waals surface area (Å²) in [7, 11) is 1.30. The fourth-order valence-corrected chi connectivity index (χ4v) is 1.91. The first-order valence-corrected chi connectivity index (χ1v) is 9.37. The van der Waals surface area contributed by atoms with E-state index in [9.17, 15) is 4.79 Å². The van der Waals surface area contributed by atoms with Crippen LogP contribution >= 0.6 is 0 Å². The molecule has 0 radical (unpaired) electrons. The van der Waals surface area contributed by atoms with Crippen LogP contribution in [0.15, 0.2) is 12.1 Å². The molecule has 0 atom stereocenters. The first-order chi connectivity index (χ1) is 8.78. The molecule has 0 spiro atoms. The Morgan fingerprint density at radius 3 is 2.37 bits per heavy atom. The van der Waals surface area contributed by atoms with Crippen molar-refractivity contribution in [1.29, 1.82) is 0 Å². The summed E-state index contributed by atoms with van der Waals surface area (Å²) in [5.41, 5.74) is 10.6. The van der Waals surface area contributed by atoms with E-state index < -0.39 is 14.0 Å². The molecule has 0 aliphatic rings. The number of nitrogens with two attached hydrogens (primary N) is 1. The monoisotopic (exact) mass is 277 g/mol. The van der Waals surface area contributed by atoms with Crippen molar-refractivity contribution in [3.05, 3.63) is 23.3 Å².